The van der Waals surface area contributed by atoms with E-state index in [4.69, 9.17) is 9.97 Å². The van der Waals surface area contributed by atoms with Crippen LogP contribution >= 0.6 is 11.8 Å². The first-order valence-corrected chi connectivity index (χ1v) is 16.5. The number of benzene rings is 5. The molecule has 2 aliphatic carbocycles. The normalized spacial score (nSPS) is 18.8. The number of nitrogens with zero attached hydrogens (tertiary/aromatic N) is 3. The van der Waals surface area contributed by atoms with Gasteiger partial charge in [-0.1, -0.05) is 86.7 Å². The van der Waals surface area contributed by atoms with Crippen LogP contribution in [-0.2, 0) is 5.41 Å². The molecule has 3 aliphatic rings. The molecule has 0 saturated heterocycles. The molecule has 4 heteroatoms. The van der Waals surface area contributed by atoms with Gasteiger partial charge < -0.3 is 4.57 Å². The lowest BCUT2D eigenvalue weighted by atomic mass is 9.82. The van der Waals surface area contributed by atoms with Gasteiger partial charge in [-0.25, -0.2) is 9.97 Å². The first-order chi connectivity index (χ1) is 22.1. The molecule has 0 spiro atoms. The van der Waals surface area contributed by atoms with Gasteiger partial charge in [0.1, 0.15) is 0 Å². The van der Waals surface area contributed by atoms with Crippen LogP contribution in [0.3, 0.4) is 0 Å². The number of fused-ring (bicyclic) bond motifs is 8. The molecule has 214 valence electrons. The van der Waals surface area contributed by atoms with Gasteiger partial charge in [0.05, 0.1) is 22.2 Å². The Kier molecular flexibility index (Phi) is 5.11. The summed E-state index contributed by atoms with van der Waals surface area (Å²) in [5.41, 5.74) is 12.2. The fraction of sp³-hybridized carbons (Fsp3) is 0.122. The molecule has 3 heterocycles. The summed E-state index contributed by atoms with van der Waals surface area (Å²) in [4.78, 5) is 11.6. The summed E-state index contributed by atoms with van der Waals surface area (Å²) in [5.74, 6) is 1.04. The molecule has 0 amide bonds. The van der Waals surface area contributed by atoms with Crippen LogP contribution in [0.5, 0.6) is 0 Å². The van der Waals surface area contributed by atoms with E-state index in [9.17, 15) is 0 Å². The van der Waals surface area contributed by atoms with Gasteiger partial charge in [0.2, 0.25) is 0 Å². The number of thioether (sulfide) groups is 1. The van der Waals surface area contributed by atoms with E-state index in [1.54, 1.807) is 0 Å². The van der Waals surface area contributed by atoms with E-state index in [2.05, 4.69) is 146 Å². The average molecular weight is 596 g/mol. The standard InChI is InChI=1S/C41H29N3S/c1-41(2)31-13-6-3-10-26(31)29-22-30-27-11-4-7-15-34(27)44(35(30)23-32(29)41)25-20-18-24(19-21-25)40-42-33-14-9-17-37-38(33)39(43-40)28-12-5-8-16-36(28)45-37/h3-23,28,36H,1-2H3. The van der Waals surface area contributed by atoms with Crippen molar-refractivity contribution in [1.29, 1.82) is 0 Å². The summed E-state index contributed by atoms with van der Waals surface area (Å²) >= 11 is 1.92. The zero-order valence-corrected chi connectivity index (χ0v) is 25.8. The van der Waals surface area contributed by atoms with E-state index in [0.717, 1.165) is 28.3 Å². The van der Waals surface area contributed by atoms with Gasteiger partial charge in [0.25, 0.3) is 0 Å². The molecule has 0 saturated carbocycles. The minimum atomic E-state index is -0.0559. The fourth-order valence-electron chi connectivity index (χ4n) is 7.94. The van der Waals surface area contributed by atoms with Gasteiger partial charge in [0.15, 0.2) is 5.82 Å². The van der Waals surface area contributed by atoms with Crippen molar-refractivity contribution in [2.45, 2.75) is 35.3 Å². The van der Waals surface area contributed by atoms with Gasteiger partial charge in [-0.05, 0) is 76.9 Å². The SMILES string of the molecule is CC1(C)c2ccccc2-c2cc3c4ccccc4n(-c4ccc(-c5nc6c7c(cccc7n5)SC5C=CC=CC65)cc4)c3cc21. The van der Waals surface area contributed by atoms with E-state index in [1.165, 1.54) is 54.3 Å². The van der Waals surface area contributed by atoms with Crippen LogP contribution in [0.25, 0.3) is 60.9 Å². The highest BCUT2D eigenvalue weighted by molar-refractivity contribution is 8.00. The molecule has 1 aliphatic heterocycles. The molecule has 0 fully saturated rings. The molecular formula is C41H29N3S. The number of rotatable bonds is 2. The number of aromatic nitrogens is 3. The van der Waals surface area contributed by atoms with Crippen LogP contribution < -0.4 is 0 Å². The second-order valence-corrected chi connectivity index (χ2v) is 14.2. The summed E-state index contributed by atoms with van der Waals surface area (Å²) in [7, 11) is 0. The molecule has 2 atom stereocenters. The van der Waals surface area contributed by atoms with E-state index in [0.29, 0.717) is 5.25 Å². The van der Waals surface area contributed by atoms with Crippen molar-refractivity contribution >= 4 is 44.5 Å². The molecule has 45 heavy (non-hydrogen) atoms. The number of hydrogen-bond donors (Lipinski definition) is 0. The Bertz CT molecular complexity index is 2440. The predicted octanol–water partition coefficient (Wildman–Crippen LogP) is 10.4. The summed E-state index contributed by atoms with van der Waals surface area (Å²) in [6, 6.07) is 37.8. The molecule has 0 radical (unpaired) electrons. The average Bonchev–Trinajstić information content (AvgIpc) is 3.52. The maximum Gasteiger partial charge on any atom is 0.160 e. The molecule has 5 aromatic carbocycles. The van der Waals surface area contributed by atoms with Crippen LogP contribution in [0.4, 0.5) is 0 Å². The number of para-hydroxylation sites is 1. The maximum atomic E-state index is 5.24. The summed E-state index contributed by atoms with van der Waals surface area (Å²) in [6.07, 6.45) is 8.90. The van der Waals surface area contributed by atoms with Crippen LogP contribution in [0.1, 0.15) is 36.6 Å². The van der Waals surface area contributed by atoms with E-state index >= 15 is 0 Å². The topological polar surface area (TPSA) is 30.7 Å². The number of allylic oxidation sites excluding steroid dienone is 3. The highest BCUT2D eigenvalue weighted by Gasteiger charge is 2.36. The fourth-order valence-corrected chi connectivity index (χ4v) is 9.25. The highest BCUT2D eigenvalue weighted by atomic mass is 32.2. The molecule has 7 aromatic rings. The van der Waals surface area contributed by atoms with Crippen LogP contribution in [0.2, 0.25) is 0 Å². The van der Waals surface area contributed by atoms with Crippen molar-refractivity contribution in [2.24, 2.45) is 0 Å². The van der Waals surface area contributed by atoms with Gasteiger partial charge in [-0.2, -0.15) is 0 Å². The first-order valence-electron chi connectivity index (χ1n) is 15.7. The van der Waals surface area contributed by atoms with Crippen LogP contribution in [0, 0.1) is 0 Å². The monoisotopic (exact) mass is 595 g/mol. The smallest absolute Gasteiger partial charge is 0.160 e. The molecule has 2 unspecified atom stereocenters. The van der Waals surface area contributed by atoms with Crippen molar-refractivity contribution in [2.75, 3.05) is 0 Å². The lowest BCUT2D eigenvalue weighted by Crippen LogP contribution is -2.19. The molecule has 0 N–H and O–H groups in total. The van der Waals surface area contributed by atoms with Crippen molar-refractivity contribution < 1.29 is 0 Å². The van der Waals surface area contributed by atoms with Gasteiger partial charge in [0, 0.05) is 48.9 Å². The Hall–Kier alpha value is -4.93. The van der Waals surface area contributed by atoms with Crippen LogP contribution in [0.15, 0.2) is 132 Å². The third kappa shape index (κ3) is 3.49. The minimum Gasteiger partial charge on any atom is -0.309 e. The maximum absolute atomic E-state index is 5.24. The van der Waals surface area contributed by atoms with Gasteiger partial charge in [-0.15, -0.1) is 11.8 Å². The van der Waals surface area contributed by atoms with E-state index in [1.807, 2.05) is 11.8 Å². The van der Waals surface area contributed by atoms with Crippen molar-refractivity contribution in [3.05, 3.63) is 144 Å². The predicted molar refractivity (Wildman–Crippen MR) is 188 cm³/mol. The molecular weight excluding hydrogens is 567 g/mol. The zero-order valence-electron chi connectivity index (χ0n) is 25.0. The summed E-state index contributed by atoms with van der Waals surface area (Å²) in [6.45, 7) is 4.71. The highest BCUT2D eigenvalue weighted by Crippen LogP contribution is 2.51. The number of hydrogen-bond acceptors (Lipinski definition) is 3. The largest absolute Gasteiger partial charge is 0.309 e. The Morgan fingerprint density at radius 2 is 1.51 bits per heavy atom. The Balaban J connectivity index is 1.14. The lowest BCUT2D eigenvalue weighted by Gasteiger charge is -2.30. The molecule has 10 rings (SSSR count). The van der Waals surface area contributed by atoms with E-state index in [-0.39, 0.29) is 11.3 Å². The van der Waals surface area contributed by atoms with Crippen molar-refractivity contribution in [1.82, 2.24) is 14.5 Å². The summed E-state index contributed by atoms with van der Waals surface area (Å²) in [5, 5.41) is 4.13. The minimum absolute atomic E-state index is 0.0559. The van der Waals surface area contributed by atoms with Gasteiger partial charge >= 0.3 is 0 Å². The quantitative estimate of drug-likeness (QED) is 0.199. The van der Waals surface area contributed by atoms with E-state index < -0.39 is 0 Å². The molecule has 2 aromatic heterocycles. The lowest BCUT2D eigenvalue weighted by molar-refractivity contribution is 0.661. The van der Waals surface area contributed by atoms with Crippen molar-refractivity contribution in [3.63, 3.8) is 0 Å². The molecule has 0 bridgehead atoms. The third-order valence-electron chi connectivity index (χ3n) is 10.1. The second kappa shape index (κ2) is 9.06. The summed E-state index contributed by atoms with van der Waals surface area (Å²) < 4.78 is 2.42. The van der Waals surface area contributed by atoms with Crippen molar-refractivity contribution in [3.8, 4) is 28.2 Å². The second-order valence-electron chi connectivity index (χ2n) is 12.9. The Morgan fingerprint density at radius 3 is 2.42 bits per heavy atom. The molecule has 3 nitrogen and oxygen atoms in total. The first kappa shape index (κ1) is 25.4. The Labute approximate surface area is 266 Å². The third-order valence-corrected chi connectivity index (χ3v) is 11.5. The Morgan fingerprint density at radius 1 is 0.689 bits per heavy atom. The van der Waals surface area contributed by atoms with Gasteiger partial charge in [-0.3, -0.25) is 0 Å². The van der Waals surface area contributed by atoms with Crippen LogP contribution in [-0.4, -0.2) is 19.8 Å². The zero-order chi connectivity index (χ0) is 29.9.